The molecule has 0 aliphatic carbocycles. The maximum Gasteiger partial charge on any atom is 0.243 e. The summed E-state index contributed by atoms with van der Waals surface area (Å²) in [5, 5.41) is 4.97. The first-order valence-electron chi connectivity index (χ1n) is 9.84. The Hall–Kier alpha value is -1.05. The lowest BCUT2D eigenvalue weighted by Gasteiger charge is -2.39. The summed E-state index contributed by atoms with van der Waals surface area (Å²) < 4.78 is 30.9. The summed E-state index contributed by atoms with van der Waals surface area (Å²) >= 11 is 1.40. The molecule has 0 unspecified atom stereocenters. The van der Waals surface area contributed by atoms with Crippen LogP contribution in [0.4, 0.5) is 8.78 Å². The number of piperidine rings is 1. The zero-order valence-electron chi connectivity index (χ0n) is 16.5. The number of nitrogens with one attached hydrogen (secondary N) is 1. The molecule has 1 N–H and O–H groups in total. The minimum atomic E-state index is -2.28. The number of ether oxygens (including phenoxy) is 1. The maximum atomic E-state index is 12.4. The van der Waals surface area contributed by atoms with E-state index in [1.807, 2.05) is 11.4 Å². The van der Waals surface area contributed by atoms with Crippen molar-refractivity contribution in [1.29, 1.82) is 0 Å². The minimum Gasteiger partial charge on any atom is -0.378 e. The van der Waals surface area contributed by atoms with Crippen LogP contribution < -0.4 is 5.32 Å². The third kappa shape index (κ3) is 7.84. The molecule has 3 atom stereocenters. The monoisotopic (exact) mass is 402 g/mol. The number of thiophene rings is 1. The van der Waals surface area contributed by atoms with Crippen LogP contribution in [-0.2, 0) is 22.4 Å². The number of amides is 1. The van der Waals surface area contributed by atoms with Gasteiger partial charge in [0.05, 0.1) is 12.7 Å². The molecule has 0 radical (unpaired) electrons. The van der Waals surface area contributed by atoms with Crippen molar-refractivity contribution in [1.82, 2.24) is 10.2 Å². The van der Waals surface area contributed by atoms with Crippen LogP contribution in [0.3, 0.4) is 0 Å². The van der Waals surface area contributed by atoms with E-state index in [4.69, 9.17) is 4.74 Å². The topological polar surface area (TPSA) is 41.6 Å². The van der Waals surface area contributed by atoms with Crippen molar-refractivity contribution in [2.75, 3.05) is 19.7 Å². The molecule has 1 fully saturated rings. The van der Waals surface area contributed by atoms with Gasteiger partial charge in [0.1, 0.15) is 0 Å². The molecular formula is C20H32F2N2O2S. The molecule has 7 heteroatoms. The Morgan fingerprint density at radius 3 is 2.89 bits per heavy atom. The molecule has 27 heavy (non-hydrogen) atoms. The number of carbonyl (C=O) groups excluding carboxylic acids is 1. The quantitative estimate of drug-likeness (QED) is 0.646. The molecule has 154 valence electrons. The van der Waals surface area contributed by atoms with Crippen LogP contribution in [0.5, 0.6) is 0 Å². The molecule has 1 aliphatic rings. The molecule has 0 saturated carbocycles. The lowest BCUT2D eigenvalue weighted by atomic mass is 9.99. The molecule has 1 aromatic rings. The van der Waals surface area contributed by atoms with Crippen LogP contribution in [0, 0.1) is 0 Å². The van der Waals surface area contributed by atoms with Gasteiger partial charge < -0.3 is 10.1 Å². The van der Waals surface area contributed by atoms with Crippen LogP contribution in [0.15, 0.2) is 11.4 Å². The van der Waals surface area contributed by atoms with Crippen LogP contribution >= 0.6 is 11.3 Å². The highest BCUT2D eigenvalue weighted by Crippen LogP contribution is 2.22. The van der Waals surface area contributed by atoms with Crippen molar-refractivity contribution in [2.24, 2.45) is 0 Å². The molecule has 0 bridgehead atoms. The predicted molar refractivity (Wildman–Crippen MR) is 106 cm³/mol. The number of alkyl halides is 2. The number of likely N-dealkylation sites (tertiary alicyclic amines) is 1. The fourth-order valence-electron chi connectivity index (χ4n) is 3.61. The van der Waals surface area contributed by atoms with E-state index in [-0.39, 0.29) is 24.5 Å². The second-order valence-electron chi connectivity index (χ2n) is 7.43. The van der Waals surface area contributed by atoms with Gasteiger partial charge in [-0.15, -0.1) is 11.3 Å². The van der Waals surface area contributed by atoms with E-state index in [1.54, 1.807) is 6.92 Å². The fraction of sp³-hybridized carbons (Fsp3) is 0.750. The Balaban J connectivity index is 1.70. The van der Waals surface area contributed by atoms with Gasteiger partial charge in [0.15, 0.2) is 0 Å². The molecule has 1 amide bonds. The van der Waals surface area contributed by atoms with Gasteiger partial charge in [-0.1, -0.05) is 6.92 Å². The zero-order valence-corrected chi connectivity index (χ0v) is 17.4. The molecule has 2 rings (SSSR count). The summed E-state index contributed by atoms with van der Waals surface area (Å²) in [6.45, 7) is 8.36. The van der Waals surface area contributed by atoms with Crippen LogP contribution in [-0.4, -0.2) is 55.1 Å². The van der Waals surface area contributed by atoms with Gasteiger partial charge in [-0.25, -0.2) is 8.78 Å². The maximum absolute atomic E-state index is 12.4. The number of halogens is 2. The number of hydrogen-bond acceptors (Lipinski definition) is 4. The number of hydrogen-bond donors (Lipinski definition) is 1. The summed E-state index contributed by atoms with van der Waals surface area (Å²) in [4.78, 5) is 14.5. The van der Waals surface area contributed by atoms with E-state index in [1.165, 1.54) is 11.3 Å². The Labute approximate surface area is 165 Å². The van der Waals surface area contributed by atoms with Gasteiger partial charge in [-0.3, -0.25) is 9.69 Å². The van der Waals surface area contributed by atoms with Gasteiger partial charge in [-0.2, -0.15) is 0 Å². The molecule has 1 saturated heterocycles. The van der Waals surface area contributed by atoms with Crippen molar-refractivity contribution in [3.8, 4) is 0 Å². The second kappa shape index (κ2) is 11.1. The first kappa shape index (κ1) is 22.2. The SMILES string of the molecule is CC[C@@H](CN1CC[C@@H](OCCc2csc(CC(F)F)c2)C[C@@H]1C)NC(C)=O. The lowest BCUT2D eigenvalue weighted by Crippen LogP contribution is -2.50. The standard InChI is InChI=1S/C20H32F2N2O2S/c1-4-17(23-15(3)25)12-24-7-5-18(9-14(24)2)26-8-6-16-10-19(27-13-16)11-20(21)22/h10,13-14,17-18,20H,4-9,11-12H2,1-3H3,(H,23,25)/t14-,17-,18+/m0/s1. The molecule has 0 spiro atoms. The minimum absolute atomic E-state index is 0.0258. The highest BCUT2D eigenvalue weighted by molar-refractivity contribution is 7.10. The largest absolute Gasteiger partial charge is 0.378 e. The molecule has 4 nitrogen and oxygen atoms in total. The molecule has 1 aromatic heterocycles. The average Bonchev–Trinajstić information content (AvgIpc) is 3.02. The van der Waals surface area contributed by atoms with Crippen molar-refractivity contribution in [3.05, 3.63) is 21.9 Å². The van der Waals surface area contributed by atoms with Gasteiger partial charge in [0.2, 0.25) is 12.3 Å². The first-order chi connectivity index (χ1) is 12.9. The molecule has 0 aromatic carbocycles. The summed E-state index contributed by atoms with van der Waals surface area (Å²) in [5.41, 5.74) is 1.09. The normalized spacial score (nSPS) is 22.1. The van der Waals surface area contributed by atoms with Crippen LogP contribution in [0.2, 0.25) is 0 Å². The van der Waals surface area contributed by atoms with Gasteiger partial charge in [0.25, 0.3) is 0 Å². The third-order valence-electron chi connectivity index (χ3n) is 5.13. The number of rotatable bonds is 10. The summed E-state index contributed by atoms with van der Waals surface area (Å²) in [6.07, 6.45) is 1.48. The van der Waals surface area contributed by atoms with Crippen molar-refractivity contribution < 1.29 is 18.3 Å². The molecule has 2 heterocycles. The summed E-state index contributed by atoms with van der Waals surface area (Å²) in [5.74, 6) is 0.0258. The van der Waals surface area contributed by atoms with Gasteiger partial charge in [0, 0.05) is 43.4 Å². The van der Waals surface area contributed by atoms with E-state index in [0.717, 1.165) is 49.2 Å². The number of carbonyl (C=O) groups is 1. The lowest BCUT2D eigenvalue weighted by molar-refractivity contribution is -0.120. The van der Waals surface area contributed by atoms with E-state index < -0.39 is 6.43 Å². The molecule has 1 aliphatic heterocycles. The Morgan fingerprint density at radius 1 is 1.48 bits per heavy atom. The molecular weight excluding hydrogens is 370 g/mol. The van der Waals surface area contributed by atoms with E-state index in [0.29, 0.717) is 12.6 Å². The van der Waals surface area contributed by atoms with Crippen LogP contribution in [0.1, 0.15) is 50.5 Å². The van der Waals surface area contributed by atoms with Gasteiger partial charge >= 0.3 is 0 Å². The van der Waals surface area contributed by atoms with Crippen molar-refractivity contribution in [2.45, 2.75) is 77.5 Å². The van der Waals surface area contributed by atoms with E-state index >= 15 is 0 Å². The Bertz CT molecular complexity index is 582. The average molecular weight is 403 g/mol. The Kier molecular flexibility index (Phi) is 9.12. The van der Waals surface area contributed by atoms with Crippen molar-refractivity contribution >= 4 is 17.2 Å². The van der Waals surface area contributed by atoms with Crippen molar-refractivity contribution in [3.63, 3.8) is 0 Å². The second-order valence-corrected chi connectivity index (χ2v) is 8.43. The number of nitrogens with zero attached hydrogens (tertiary/aromatic N) is 1. The highest BCUT2D eigenvalue weighted by Gasteiger charge is 2.27. The summed E-state index contributed by atoms with van der Waals surface area (Å²) in [6, 6.07) is 2.49. The zero-order chi connectivity index (χ0) is 19.8. The Morgan fingerprint density at radius 2 is 2.26 bits per heavy atom. The highest BCUT2D eigenvalue weighted by atomic mass is 32.1. The fourth-order valence-corrected chi connectivity index (χ4v) is 4.54. The first-order valence-corrected chi connectivity index (χ1v) is 10.7. The van der Waals surface area contributed by atoms with E-state index in [9.17, 15) is 13.6 Å². The van der Waals surface area contributed by atoms with E-state index in [2.05, 4.69) is 24.1 Å². The predicted octanol–water partition coefficient (Wildman–Crippen LogP) is 3.88. The smallest absolute Gasteiger partial charge is 0.243 e. The van der Waals surface area contributed by atoms with Gasteiger partial charge in [-0.05, 0) is 49.6 Å². The summed E-state index contributed by atoms with van der Waals surface area (Å²) in [7, 11) is 0. The third-order valence-corrected chi connectivity index (χ3v) is 6.14. The van der Waals surface area contributed by atoms with Crippen LogP contribution in [0.25, 0.3) is 0 Å².